The van der Waals surface area contributed by atoms with Crippen LogP contribution in [0.1, 0.15) is 6.92 Å². The topological polar surface area (TPSA) is 26.3 Å². The molecule has 0 bridgehead atoms. The van der Waals surface area contributed by atoms with Gasteiger partial charge in [-0.25, -0.2) is 0 Å². The minimum absolute atomic E-state index is 0.289. The van der Waals surface area contributed by atoms with Crippen LogP contribution in [-0.4, -0.2) is 5.97 Å². The summed E-state index contributed by atoms with van der Waals surface area (Å²) >= 11 is 0. The van der Waals surface area contributed by atoms with Gasteiger partial charge in [-0.15, -0.1) is 0 Å². The largest absolute Gasteiger partial charge is 0.427 e. The van der Waals surface area contributed by atoms with Crippen molar-refractivity contribution in [3.8, 4) is 0 Å². The Kier molecular flexibility index (Phi) is 2.62. The van der Waals surface area contributed by atoms with Crippen LogP contribution in [0.2, 0.25) is 0 Å². The second kappa shape index (κ2) is 3.02. The second-order valence-corrected chi connectivity index (χ2v) is 1.26. The first-order chi connectivity index (χ1) is 3.66. The summed E-state index contributed by atoms with van der Waals surface area (Å²) in [6.07, 6.45) is 1.38. The van der Waals surface area contributed by atoms with E-state index in [2.05, 4.69) is 17.9 Å². The van der Waals surface area contributed by atoms with E-state index in [1.54, 1.807) is 0 Å². The Morgan fingerprint density at radius 1 is 1.75 bits per heavy atom. The van der Waals surface area contributed by atoms with Gasteiger partial charge in [-0.3, -0.25) is 4.79 Å². The Balaban J connectivity index is 3.55. The zero-order valence-electron chi connectivity index (χ0n) is 4.81. The van der Waals surface area contributed by atoms with E-state index in [1.165, 1.54) is 13.0 Å². The van der Waals surface area contributed by atoms with Crippen LogP contribution in [0.4, 0.5) is 0 Å². The van der Waals surface area contributed by atoms with E-state index in [9.17, 15) is 4.79 Å². The van der Waals surface area contributed by atoms with Crippen LogP contribution in [0, 0.1) is 0 Å². The predicted octanol–water partition coefficient (Wildman–Crippen LogP) is 1.25. The molecule has 0 aliphatic rings. The predicted molar refractivity (Wildman–Crippen MR) is 31.1 cm³/mol. The lowest BCUT2D eigenvalue weighted by Gasteiger charge is -1.95. The highest BCUT2D eigenvalue weighted by molar-refractivity contribution is 5.67. The molecule has 0 aromatic carbocycles. The Morgan fingerprint density at radius 2 is 2.25 bits per heavy atom. The molecule has 0 aromatic rings. The Morgan fingerprint density at radius 3 is 2.38 bits per heavy atom. The van der Waals surface area contributed by atoms with Crippen molar-refractivity contribution >= 4 is 5.97 Å². The molecule has 2 nitrogen and oxygen atoms in total. The van der Waals surface area contributed by atoms with Gasteiger partial charge in [0.25, 0.3) is 0 Å². The lowest BCUT2D eigenvalue weighted by molar-refractivity contribution is -0.136. The molecule has 0 radical (unpaired) electrons. The number of hydrogen-bond acceptors (Lipinski definition) is 2. The summed E-state index contributed by atoms with van der Waals surface area (Å²) in [6, 6.07) is 0. The van der Waals surface area contributed by atoms with Crippen molar-refractivity contribution in [2.45, 2.75) is 6.92 Å². The summed E-state index contributed by atoms with van der Waals surface area (Å²) in [4.78, 5) is 10.1. The summed E-state index contributed by atoms with van der Waals surface area (Å²) in [5.41, 5.74) is 0. The SMILES string of the molecule is C=CC(=C)OC(C)=O. The molecule has 0 rings (SSSR count). The average Bonchev–Trinajstić information content (AvgIpc) is 1.65. The van der Waals surface area contributed by atoms with Crippen molar-refractivity contribution in [2.24, 2.45) is 0 Å². The van der Waals surface area contributed by atoms with Gasteiger partial charge < -0.3 is 4.74 Å². The molecule has 8 heavy (non-hydrogen) atoms. The molecule has 0 heterocycles. The highest BCUT2D eigenvalue weighted by atomic mass is 16.5. The summed E-state index contributed by atoms with van der Waals surface area (Å²) in [5.74, 6) is -0.0765. The van der Waals surface area contributed by atoms with Crippen LogP contribution < -0.4 is 0 Å². The van der Waals surface area contributed by atoms with Crippen molar-refractivity contribution in [3.63, 3.8) is 0 Å². The fourth-order valence-electron chi connectivity index (χ4n) is 0.226. The lowest BCUT2D eigenvalue weighted by atomic mass is 10.5. The number of carbonyl (C=O) groups is 1. The van der Waals surface area contributed by atoms with Gasteiger partial charge in [0.05, 0.1) is 0 Å². The van der Waals surface area contributed by atoms with Crippen molar-refractivity contribution in [1.82, 2.24) is 0 Å². The molecular weight excluding hydrogens is 104 g/mol. The number of esters is 1. The molecule has 2 heteroatoms. The Labute approximate surface area is 48.5 Å². The van der Waals surface area contributed by atoms with Gasteiger partial charge in [-0.1, -0.05) is 13.2 Å². The number of carbonyl (C=O) groups excluding carboxylic acids is 1. The quantitative estimate of drug-likeness (QED) is 0.305. The molecule has 0 aliphatic carbocycles. The van der Waals surface area contributed by atoms with Crippen LogP contribution in [0.5, 0.6) is 0 Å². The molecule has 44 valence electrons. The first-order valence-corrected chi connectivity index (χ1v) is 2.16. The average molecular weight is 112 g/mol. The number of ether oxygens (including phenoxy) is 1. The molecule has 0 N–H and O–H groups in total. The van der Waals surface area contributed by atoms with Crippen LogP contribution in [-0.2, 0) is 9.53 Å². The van der Waals surface area contributed by atoms with Gasteiger partial charge in [0, 0.05) is 6.92 Å². The number of rotatable bonds is 2. The number of allylic oxidation sites excluding steroid dienone is 1. The first-order valence-electron chi connectivity index (χ1n) is 2.16. The van der Waals surface area contributed by atoms with Gasteiger partial charge in [0.1, 0.15) is 5.76 Å². The Hall–Kier alpha value is -1.05. The molecule has 0 aliphatic heterocycles. The second-order valence-electron chi connectivity index (χ2n) is 1.26. The van der Waals surface area contributed by atoms with E-state index in [-0.39, 0.29) is 11.7 Å². The maximum absolute atomic E-state index is 10.1. The van der Waals surface area contributed by atoms with E-state index >= 15 is 0 Å². The highest BCUT2D eigenvalue weighted by Gasteiger charge is 1.90. The smallest absolute Gasteiger partial charge is 0.308 e. The monoisotopic (exact) mass is 112 g/mol. The van der Waals surface area contributed by atoms with Gasteiger partial charge in [0.2, 0.25) is 0 Å². The zero-order valence-corrected chi connectivity index (χ0v) is 4.81. The van der Waals surface area contributed by atoms with Gasteiger partial charge in [-0.2, -0.15) is 0 Å². The van der Waals surface area contributed by atoms with Gasteiger partial charge in [-0.05, 0) is 6.08 Å². The molecule has 0 unspecified atom stereocenters. The minimum atomic E-state index is -0.366. The molecule has 0 aromatic heterocycles. The van der Waals surface area contributed by atoms with E-state index in [0.717, 1.165) is 0 Å². The molecule has 0 amide bonds. The third-order valence-electron chi connectivity index (χ3n) is 0.502. The summed E-state index contributed by atoms with van der Waals surface area (Å²) < 4.78 is 4.45. The molecule has 0 saturated heterocycles. The standard InChI is InChI=1S/C6H8O2/c1-4-5(2)8-6(3)7/h4H,1-2H2,3H3. The van der Waals surface area contributed by atoms with Crippen molar-refractivity contribution in [3.05, 3.63) is 25.0 Å². The van der Waals surface area contributed by atoms with E-state index in [4.69, 9.17) is 0 Å². The molecular formula is C6H8O2. The van der Waals surface area contributed by atoms with E-state index < -0.39 is 0 Å². The highest BCUT2D eigenvalue weighted by Crippen LogP contribution is 1.92. The number of hydrogen-bond donors (Lipinski definition) is 0. The third-order valence-corrected chi connectivity index (χ3v) is 0.502. The van der Waals surface area contributed by atoms with Crippen LogP contribution in [0.15, 0.2) is 25.0 Å². The fourth-order valence-corrected chi connectivity index (χ4v) is 0.226. The minimum Gasteiger partial charge on any atom is -0.427 e. The van der Waals surface area contributed by atoms with E-state index in [1.807, 2.05) is 0 Å². The molecule has 0 fully saturated rings. The van der Waals surface area contributed by atoms with Crippen molar-refractivity contribution < 1.29 is 9.53 Å². The van der Waals surface area contributed by atoms with Crippen LogP contribution in [0.25, 0.3) is 0 Å². The summed E-state index contributed by atoms with van der Waals surface area (Å²) in [5, 5.41) is 0. The molecule has 0 spiro atoms. The van der Waals surface area contributed by atoms with Crippen molar-refractivity contribution in [1.29, 1.82) is 0 Å². The van der Waals surface area contributed by atoms with Crippen LogP contribution >= 0.6 is 0 Å². The summed E-state index contributed by atoms with van der Waals surface area (Å²) in [6.45, 7) is 8.00. The maximum Gasteiger partial charge on any atom is 0.308 e. The summed E-state index contributed by atoms with van der Waals surface area (Å²) in [7, 11) is 0. The van der Waals surface area contributed by atoms with Gasteiger partial charge >= 0.3 is 5.97 Å². The third kappa shape index (κ3) is 3.15. The lowest BCUT2D eigenvalue weighted by Crippen LogP contribution is -1.94. The Bertz CT molecular complexity index is 124. The molecule has 0 saturated carbocycles. The fraction of sp³-hybridized carbons (Fsp3) is 0.167. The maximum atomic E-state index is 10.1. The zero-order chi connectivity index (χ0) is 6.57. The van der Waals surface area contributed by atoms with Crippen LogP contribution in [0.3, 0.4) is 0 Å². The normalized spacial score (nSPS) is 7.62. The first kappa shape index (κ1) is 6.95. The van der Waals surface area contributed by atoms with Crippen molar-refractivity contribution in [2.75, 3.05) is 0 Å². The molecule has 0 atom stereocenters. The van der Waals surface area contributed by atoms with E-state index in [0.29, 0.717) is 0 Å². The van der Waals surface area contributed by atoms with Gasteiger partial charge in [0.15, 0.2) is 0 Å².